The summed E-state index contributed by atoms with van der Waals surface area (Å²) in [6.07, 6.45) is 7.15. The van der Waals surface area contributed by atoms with Gasteiger partial charge in [-0.2, -0.15) is 5.10 Å². The first-order valence-corrected chi connectivity index (χ1v) is 10.5. The maximum Gasteiger partial charge on any atom is 0.339 e. The minimum absolute atomic E-state index is 0.307. The third kappa shape index (κ3) is 6.16. The predicted molar refractivity (Wildman–Crippen MR) is 127 cm³/mol. The molecular weight excluding hydrogens is 439 g/mol. The van der Waals surface area contributed by atoms with Crippen LogP contribution in [0.5, 0.6) is 0 Å². The number of ether oxygens (including phenoxy) is 2. The number of esters is 2. The molecule has 8 nitrogen and oxygen atoms in total. The Kier molecular flexibility index (Phi) is 8.28. The lowest BCUT2D eigenvalue weighted by atomic mass is 9.95. The lowest BCUT2D eigenvalue weighted by molar-refractivity contribution is -0.141. The van der Waals surface area contributed by atoms with Crippen LogP contribution in [0, 0.1) is 5.82 Å². The fourth-order valence-electron chi connectivity index (χ4n) is 3.31. The average molecular weight is 464 g/mol. The van der Waals surface area contributed by atoms with E-state index in [2.05, 4.69) is 22.1 Å². The van der Waals surface area contributed by atoms with Gasteiger partial charge in [0.05, 0.1) is 25.0 Å². The van der Waals surface area contributed by atoms with Crippen LogP contribution in [0.15, 0.2) is 77.3 Å². The lowest BCUT2D eigenvalue weighted by Gasteiger charge is -2.24. The number of anilines is 1. The minimum atomic E-state index is -0.503. The van der Waals surface area contributed by atoms with Crippen molar-refractivity contribution < 1.29 is 23.5 Å². The predicted octanol–water partition coefficient (Wildman–Crippen LogP) is 3.89. The zero-order valence-electron chi connectivity index (χ0n) is 19.0. The first kappa shape index (κ1) is 24.4. The number of nitrogens with one attached hydrogen (secondary N) is 1. The standard InChI is InChI=1S/C25H25FN4O4/c1-17(31)34-14-4-12-28-23-15-19(11-13-29-23)24(18-5-8-21(26)9-6-18)22-10-7-20(25(32)33-3)16-30(22)27-2/h5-11,13,15-16H,2,4,12,14H2,1,3H3,(H,28,29)/b24-22+. The van der Waals surface area contributed by atoms with E-state index in [9.17, 15) is 14.0 Å². The van der Waals surface area contributed by atoms with Gasteiger partial charge in [0.2, 0.25) is 0 Å². The number of rotatable bonds is 9. The van der Waals surface area contributed by atoms with Gasteiger partial charge >= 0.3 is 11.9 Å². The molecule has 0 bridgehead atoms. The number of nitrogens with zero attached hydrogens (tertiary/aromatic N) is 3. The van der Waals surface area contributed by atoms with Crippen LogP contribution in [0.1, 0.15) is 24.5 Å². The van der Waals surface area contributed by atoms with E-state index < -0.39 is 5.97 Å². The Morgan fingerprint density at radius 2 is 1.94 bits per heavy atom. The zero-order chi connectivity index (χ0) is 24.5. The first-order chi connectivity index (χ1) is 16.4. The van der Waals surface area contributed by atoms with E-state index >= 15 is 0 Å². The second kappa shape index (κ2) is 11.6. The molecule has 0 amide bonds. The molecule has 0 saturated carbocycles. The molecule has 176 valence electrons. The monoisotopic (exact) mass is 464 g/mol. The third-order valence-electron chi connectivity index (χ3n) is 4.87. The fourth-order valence-corrected chi connectivity index (χ4v) is 3.31. The van der Waals surface area contributed by atoms with E-state index in [1.807, 2.05) is 12.1 Å². The highest BCUT2D eigenvalue weighted by Crippen LogP contribution is 2.33. The number of halogens is 1. The summed E-state index contributed by atoms with van der Waals surface area (Å²) in [7, 11) is 1.30. The largest absolute Gasteiger partial charge is 0.466 e. The van der Waals surface area contributed by atoms with Crippen molar-refractivity contribution in [3.63, 3.8) is 0 Å². The first-order valence-electron chi connectivity index (χ1n) is 10.5. The van der Waals surface area contributed by atoms with E-state index in [0.29, 0.717) is 36.7 Å². The lowest BCUT2D eigenvalue weighted by Crippen LogP contribution is -2.17. The topological polar surface area (TPSA) is 93.1 Å². The molecule has 1 N–H and O–H groups in total. The molecule has 2 heterocycles. The molecule has 2 aromatic rings. The SMILES string of the molecule is C=NN1C=C(C(=O)OC)C=C/C1=C(/c1ccc(F)cc1)c1ccnc(NCCCOC(C)=O)c1. The Morgan fingerprint density at radius 3 is 2.62 bits per heavy atom. The van der Waals surface area contributed by atoms with Gasteiger partial charge < -0.3 is 14.8 Å². The average Bonchev–Trinajstić information content (AvgIpc) is 2.85. The number of hydrogen-bond donors (Lipinski definition) is 1. The summed E-state index contributed by atoms with van der Waals surface area (Å²) in [6, 6.07) is 9.76. The van der Waals surface area contributed by atoms with Crippen molar-refractivity contribution in [2.45, 2.75) is 13.3 Å². The number of methoxy groups -OCH3 is 1. The van der Waals surface area contributed by atoms with Crippen molar-refractivity contribution in [2.75, 3.05) is 25.6 Å². The van der Waals surface area contributed by atoms with Crippen LogP contribution in [0.3, 0.4) is 0 Å². The molecule has 0 unspecified atom stereocenters. The maximum atomic E-state index is 13.7. The van der Waals surface area contributed by atoms with Gasteiger partial charge in [-0.1, -0.05) is 12.1 Å². The van der Waals surface area contributed by atoms with E-state index in [1.165, 1.54) is 37.4 Å². The Bertz CT molecular complexity index is 1160. The van der Waals surface area contributed by atoms with Crippen molar-refractivity contribution in [1.29, 1.82) is 0 Å². The molecule has 0 fully saturated rings. The number of aromatic nitrogens is 1. The third-order valence-corrected chi connectivity index (χ3v) is 4.87. The van der Waals surface area contributed by atoms with Crippen molar-refractivity contribution >= 4 is 30.0 Å². The number of carbonyl (C=O) groups is 2. The smallest absolute Gasteiger partial charge is 0.339 e. The summed E-state index contributed by atoms with van der Waals surface area (Å²) in [5.41, 5.74) is 3.18. The normalized spacial score (nSPS) is 14.2. The van der Waals surface area contributed by atoms with Gasteiger partial charge in [-0.05, 0) is 54.0 Å². The van der Waals surface area contributed by atoms with Gasteiger partial charge in [-0.25, -0.2) is 19.2 Å². The van der Waals surface area contributed by atoms with Crippen LogP contribution in [0.2, 0.25) is 0 Å². The van der Waals surface area contributed by atoms with Crippen LogP contribution in [-0.2, 0) is 19.1 Å². The van der Waals surface area contributed by atoms with E-state index in [1.54, 1.807) is 30.5 Å². The molecule has 0 radical (unpaired) electrons. The fraction of sp³-hybridized carbons (Fsp3) is 0.200. The Balaban J connectivity index is 1.98. The summed E-state index contributed by atoms with van der Waals surface area (Å²) in [5, 5.41) is 8.71. The summed E-state index contributed by atoms with van der Waals surface area (Å²) in [4.78, 5) is 27.2. The number of hydrazone groups is 1. The summed E-state index contributed by atoms with van der Waals surface area (Å²) < 4.78 is 23.4. The van der Waals surface area contributed by atoms with Gasteiger partial charge in [0, 0.05) is 38.2 Å². The number of benzene rings is 1. The number of pyridine rings is 1. The van der Waals surface area contributed by atoms with Crippen LogP contribution >= 0.6 is 0 Å². The Labute approximate surface area is 197 Å². The molecule has 0 saturated heterocycles. The molecule has 3 rings (SSSR count). The summed E-state index contributed by atoms with van der Waals surface area (Å²) in [6.45, 7) is 5.85. The number of allylic oxidation sites excluding steroid dienone is 1. The van der Waals surface area contributed by atoms with Gasteiger partial charge in [0.25, 0.3) is 0 Å². The van der Waals surface area contributed by atoms with Crippen LogP contribution in [-0.4, -0.2) is 48.9 Å². The van der Waals surface area contributed by atoms with Crippen LogP contribution in [0.25, 0.3) is 5.57 Å². The molecule has 0 atom stereocenters. The molecule has 0 aliphatic carbocycles. The van der Waals surface area contributed by atoms with E-state index in [0.717, 1.165) is 16.7 Å². The highest BCUT2D eigenvalue weighted by atomic mass is 19.1. The molecule has 1 aromatic carbocycles. The van der Waals surface area contributed by atoms with E-state index in [-0.39, 0.29) is 11.8 Å². The highest BCUT2D eigenvalue weighted by Gasteiger charge is 2.21. The van der Waals surface area contributed by atoms with Crippen molar-refractivity contribution in [3.8, 4) is 0 Å². The van der Waals surface area contributed by atoms with Crippen molar-refractivity contribution in [3.05, 3.63) is 89.2 Å². The van der Waals surface area contributed by atoms with Crippen LogP contribution < -0.4 is 5.32 Å². The molecule has 1 aliphatic heterocycles. The van der Waals surface area contributed by atoms with Gasteiger partial charge in [-0.3, -0.25) is 4.79 Å². The van der Waals surface area contributed by atoms with Crippen molar-refractivity contribution in [1.82, 2.24) is 9.99 Å². The molecule has 34 heavy (non-hydrogen) atoms. The summed E-state index contributed by atoms with van der Waals surface area (Å²) >= 11 is 0. The molecule has 1 aliphatic rings. The number of carbonyl (C=O) groups excluding carboxylic acids is 2. The van der Waals surface area contributed by atoms with E-state index in [4.69, 9.17) is 9.47 Å². The molecule has 9 heteroatoms. The van der Waals surface area contributed by atoms with Gasteiger partial charge in [-0.15, -0.1) is 0 Å². The Hall–Kier alpha value is -4.27. The highest BCUT2D eigenvalue weighted by molar-refractivity contribution is 5.93. The van der Waals surface area contributed by atoms with Gasteiger partial charge in [0.15, 0.2) is 0 Å². The molecule has 0 spiro atoms. The maximum absolute atomic E-state index is 13.7. The van der Waals surface area contributed by atoms with Crippen molar-refractivity contribution in [2.24, 2.45) is 5.10 Å². The number of hydrogen-bond acceptors (Lipinski definition) is 8. The van der Waals surface area contributed by atoms with Gasteiger partial charge in [0.1, 0.15) is 11.6 Å². The quantitative estimate of drug-likeness (QED) is 0.342. The second-order valence-corrected chi connectivity index (χ2v) is 7.21. The second-order valence-electron chi connectivity index (χ2n) is 7.21. The molecule has 1 aromatic heterocycles. The molecular formula is C25H25FN4O4. The zero-order valence-corrected chi connectivity index (χ0v) is 19.0. The summed E-state index contributed by atoms with van der Waals surface area (Å²) in [5.74, 6) is -0.564. The Morgan fingerprint density at radius 1 is 1.18 bits per heavy atom. The minimum Gasteiger partial charge on any atom is -0.466 e. The van der Waals surface area contributed by atoms with Crippen LogP contribution in [0.4, 0.5) is 10.2 Å².